The standard InChI is InChI=1S/C17H20N2O/c20-17(15-8-11-5-6-12(15)7-11)18-10-14-9-13-3-1-2-4-16(13)19-14/h1-4,9,11-12,15,19H,5-8,10H2,(H,18,20). The molecule has 4 rings (SSSR count). The van der Waals surface area contributed by atoms with Crippen LogP contribution in [0.25, 0.3) is 10.9 Å². The molecule has 0 radical (unpaired) electrons. The van der Waals surface area contributed by atoms with Crippen LogP contribution < -0.4 is 5.32 Å². The molecule has 0 aliphatic heterocycles. The molecule has 0 saturated heterocycles. The van der Waals surface area contributed by atoms with Crippen molar-refractivity contribution < 1.29 is 4.79 Å². The van der Waals surface area contributed by atoms with Crippen LogP contribution in [0.4, 0.5) is 0 Å². The molecule has 1 amide bonds. The van der Waals surface area contributed by atoms with E-state index < -0.39 is 0 Å². The third kappa shape index (κ3) is 2.01. The Hall–Kier alpha value is -1.77. The van der Waals surface area contributed by atoms with Crippen molar-refractivity contribution in [1.82, 2.24) is 10.3 Å². The first-order chi connectivity index (χ1) is 9.79. The number of para-hydroxylation sites is 1. The van der Waals surface area contributed by atoms with Crippen LogP contribution in [-0.2, 0) is 11.3 Å². The summed E-state index contributed by atoms with van der Waals surface area (Å²) in [7, 11) is 0. The first-order valence-corrected chi connectivity index (χ1v) is 7.64. The third-order valence-electron chi connectivity index (χ3n) is 5.11. The molecular weight excluding hydrogens is 248 g/mol. The molecule has 3 heteroatoms. The summed E-state index contributed by atoms with van der Waals surface area (Å²) < 4.78 is 0. The molecular formula is C17H20N2O. The molecule has 2 aromatic rings. The van der Waals surface area contributed by atoms with Crippen molar-refractivity contribution in [1.29, 1.82) is 0 Å². The highest BCUT2D eigenvalue weighted by molar-refractivity contribution is 5.81. The van der Waals surface area contributed by atoms with Crippen LogP contribution in [0, 0.1) is 17.8 Å². The SMILES string of the molecule is O=C(NCc1cc2ccccc2[nH]1)C1CC2CCC1C2. The zero-order valence-electron chi connectivity index (χ0n) is 11.6. The largest absolute Gasteiger partial charge is 0.357 e. The molecule has 2 aliphatic carbocycles. The number of benzene rings is 1. The van der Waals surface area contributed by atoms with Gasteiger partial charge in [0, 0.05) is 17.1 Å². The highest BCUT2D eigenvalue weighted by atomic mass is 16.1. The molecule has 1 aromatic carbocycles. The zero-order valence-corrected chi connectivity index (χ0v) is 11.6. The van der Waals surface area contributed by atoms with Crippen LogP contribution in [-0.4, -0.2) is 10.9 Å². The average molecular weight is 268 g/mol. The van der Waals surface area contributed by atoms with Gasteiger partial charge in [-0.05, 0) is 48.6 Å². The molecule has 0 spiro atoms. The van der Waals surface area contributed by atoms with E-state index in [0.29, 0.717) is 12.5 Å². The zero-order chi connectivity index (χ0) is 13.5. The number of carbonyl (C=O) groups is 1. The number of nitrogens with one attached hydrogen (secondary N) is 2. The number of rotatable bonds is 3. The Kier molecular flexibility index (Phi) is 2.79. The van der Waals surface area contributed by atoms with Gasteiger partial charge in [-0.1, -0.05) is 24.6 Å². The van der Waals surface area contributed by atoms with Crippen molar-refractivity contribution in [3.8, 4) is 0 Å². The van der Waals surface area contributed by atoms with Crippen LogP contribution in [0.3, 0.4) is 0 Å². The maximum absolute atomic E-state index is 12.3. The van der Waals surface area contributed by atoms with Gasteiger partial charge in [-0.15, -0.1) is 0 Å². The van der Waals surface area contributed by atoms with E-state index in [1.54, 1.807) is 0 Å². The summed E-state index contributed by atoms with van der Waals surface area (Å²) in [5.41, 5.74) is 2.22. The third-order valence-corrected chi connectivity index (χ3v) is 5.11. The number of aromatic nitrogens is 1. The quantitative estimate of drug-likeness (QED) is 0.882. The number of hydrogen-bond acceptors (Lipinski definition) is 1. The molecule has 20 heavy (non-hydrogen) atoms. The second-order valence-corrected chi connectivity index (χ2v) is 6.38. The number of H-pyrrole nitrogens is 1. The van der Waals surface area contributed by atoms with Gasteiger partial charge in [-0.2, -0.15) is 0 Å². The van der Waals surface area contributed by atoms with Gasteiger partial charge >= 0.3 is 0 Å². The summed E-state index contributed by atoms with van der Waals surface area (Å²) in [6.07, 6.45) is 5.00. The van der Waals surface area contributed by atoms with Crippen LogP contribution in [0.15, 0.2) is 30.3 Å². The Morgan fingerprint density at radius 2 is 2.15 bits per heavy atom. The maximum atomic E-state index is 12.3. The Morgan fingerprint density at radius 1 is 1.25 bits per heavy atom. The fraction of sp³-hybridized carbons (Fsp3) is 0.471. The van der Waals surface area contributed by atoms with Crippen LogP contribution in [0.1, 0.15) is 31.4 Å². The number of carbonyl (C=O) groups excluding carboxylic acids is 1. The Bertz CT molecular complexity index is 612. The smallest absolute Gasteiger partial charge is 0.223 e. The minimum Gasteiger partial charge on any atom is -0.357 e. The van der Waals surface area contributed by atoms with Crippen molar-refractivity contribution in [3.63, 3.8) is 0 Å². The van der Waals surface area contributed by atoms with Gasteiger partial charge in [0.25, 0.3) is 0 Å². The lowest BCUT2D eigenvalue weighted by molar-refractivity contribution is -0.126. The summed E-state index contributed by atoms with van der Waals surface area (Å²) in [6, 6.07) is 10.3. The summed E-state index contributed by atoms with van der Waals surface area (Å²) in [5.74, 6) is 2.01. The van der Waals surface area contributed by atoms with E-state index in [0.717, 1.165) is 23.5 Å². The molecule has 1 heterocycles. The number of hydrogen-bond donors (Lipinski definition) is 2. The van der Waals surface area contributed by atoms with Crippen LogP contribution in [0.2, 0.25) is 0 Å². The first-order valence-electron chi connectivity index (χ1n) is 7.64. The Labute approximate surface area is 118 Å². The van der Waals surface area contributed by atoms with Crippen LogP contribution >= 0.6 is 0 Å². The lowest BCUT2D eigenvalue weighted by atomic mass is 9.88. The molecule has 104 valence electrons. The first kappa shape index (κ1) is 12.0. The summed E-state index contributed by atoms with van der Waals surface area (Å²) in [6.45, 7) is 0.612. The lowest BCUT2D eigenvalue weighted by Crippen LogP contribution is -2.33. The van der Waals surface area contributed by atoms with E-state index >= 15 is 0 Å². The Balaban J connectivity index is 1.41. The van der Waals surface area contributed by atoms with Crippen molar-refractivity contribution in [3.05, 3.63) is 36.0 Å². The van der Waals surface area contributed by atoms with Gasteiger partial charge in [0.05, 0.1) is 6.54 Å². The fourth-order valence-corrected chi connectivity index (χ4v) is 4.11. The van der Waals surface area contributed by atoms with E-state index in [1.165, 1.54) is 24.6 Å². The van der Waals surface area contributed by atoms with E-state index in [-0.39, 0.29) is 11.8 Å². The van der Waals surface area contributed by atoms with Gasteiger partial charge in [-0.25, -0.2) is 0 Å². The summed E-state index contributed by atoms with van der Waals surface area (Å²) in [4.78, 5) is 15.7. The number of amides is 1. The maximum Gasteiger partial charge on any atom is 0.223 e. The van der Waals surface area contributed by atoms with E-state index in [4.69, 9.17) is 0 Å². The van der Waals surface area contributed by atoms with Gasteiger partial charge < -0.3 is 10.3 Å². The predicted octanol–water partition coefficient (Wildman–Crippen LogP) is 3.22. The van der Waals surface area contributed by atoms with Gasteiger partial charge in [-0.3, -0.25) is 4.79 Å². The fourth-order valence-electron chi connectivity index (χ4n) is 4.11. The molecule has 1 aromatic heterocycles. The van der Waals surface area contributed by atoms with Gasteiger partial charge in [0.15, 0.2) is 0 Å². The topological polar surface area (TPSA) is 44.9 Å². The van der Waals surface area contributed by atoms with E-state index in [2.05, 4.69) is 28.5 Å². The molecule has 3 atom stereocenters. The van der Waals surface area contributed by atoms with Gasteiger partial charge in [0.2, 0.25) is 5.91 Å². The predicted molar refractivity (Wildman–Crippen MR) is 79.1 cm³/mol. The molecule has 3 nitrogen and oxygen atoms in total. The average Bonchev–Trinajstić information content (AvgIpc) is 3.18. The highest BCUT2D eigenvalue weighted by Gasteiger charge is 2.42. The number of fused-ring (bicyclic) bond motifs is 3. The van der Waals surface area contributed by atoms with Crippen molar-refractivity contribution >= 4 is 16.8 Å². The monoisotopic (exact) mass is 268 g/mol. The number of aromatic amines is 1. The summed E-state index contributed by atoms with van der Waals surface area (Å²) in [5, 5.41) is 4.32. The van der Waals surface area contributed by atoms with Gasteiger partial charge in [0.1, 0.15) is 0 Å². The molecule has 2 fully saturated rings. The minimum atomic E-state index is 0.260. The molecule has 2 aliphatic rings. The van der Waals surface area contributed by atoms with E-state index in [1.807, 2.05) is 12.1 Å². The lowest BCUT2D eigenvalue weighted by Gasteiger charge is -2.20. The molecule has 2 N–H and O–H groups in total. The molecule has 3 unspecified atom stereocenters. The van der Waals surface area contributed by atoms with Crippen LogP contribution in [0.5, 0.6) is 0 Å². The molecule has 2 bridgehead atoms. The van der Waals surface area contributed by atoms with E-state index in [9.17, 15) is 4.79 Å². The van der Waals surface area contributed by atoms with Crippen molar-refractivity contribution in [2.45, 2.75) is 32.2 Å². The minimum absolute atomic E-state index is 0.260. The Morgan fingerprint density at radius 3 is 2.90 bits per heavy atom. The van der Waals surface area contributed by atoms with Crippen molar-refractivity contribution in [2.24, 2.45) is 17.8 Å². The second kappa shape index (κ2) is 4.65. The van der Waals surface area contributed by atoms with Crippen molar-refractivity contribution in [2.75, 3.05) is 0 Å². The highest BCUT2D eigenvalue weighted by Crippen LogP contribution is 2.48. The second-order valence-electron chi connectivity index (χ2n) is 6.38. The normalized spacial score (nSPS) is 28.1. The summed E-state index contributed by atoms with van der Waals surface area (Å²) >= 11 is 0. The molecule has 2 saturated carbocycles.